The number of aromatic nitrogens is 2. The quantitative estimate of drug-likeness (QED) is 0.926. The van der Waals surface area contributed by atoms with E-state index in [1.54, 1.807) is 7.05 Å². The van der Waals surface area contributed by atoms with Crippen molar-refractivity contribution in [3.05, 3.63) is 41.5 Å². The topological polar surface area (TPSA) is 70.8 Å². The molecular formula is C14H13FN4O. The molecule has 0 atom stereocenters. The lowest BCUT2D eigenvalue weighted by molar-refractivity contribution is 0.422. The highest BCUT2D eigenvalue weighted by atomic mass is 19.1. The van der Waals surface area contributed by atoms with Gasteiger partial charge in [0.2, 0.25) is 5.88 Å². The fraction of sp³-hybridized carbons (Fsp3) is 0.214. The highest BCUT2D eigenvalue weighted by molar-refractivity contribution is 5.49. The second-order valence-corrected chi connectivity index (χ2v) is 3.97. The van der Waals surface area contributed by atoms with E-state index in [1.807, 2.05) is 13.0 Å². The lowest BCUT2D eigenvalue weighted by atomic mass is 10.2. The minimum Gasteiger partial charge on any atom is -0.435 e. The predicted octanol–water partition coefficient (Wildman–Crippen LogP) is 2.88. The smallest absolute Gasteiger partial charge is 0.227 e. The Morgan fingerprint density at radius 1 is 1.40 bits per heavy atom. The van der Waals surface area contributed by atoms with Crippen LogP contribution in [0, 0.1) is 17.1 Å². The normalized spacial score (nSPS) is 9.90. The number of nitrogens with zero attached hydrogens (tertiary/aromatic N) is 3. The maximum atomic E-state index is 13.8. The van der Waals surface area contributed by atoms with Gasteiger partial charge in [-0.3, -0.25) is 0 Å². The molecule has 2 aromatic rings. The third-order valence-corrected chi connectivity index (χ3v) is 2.76. The summed E-state index contributed by atoms with van der Waals surface area (Å²) < 4.78 is 19.3. The van der Waals surface area contributed by atoms with Crippen LogP contribution in [-0.4, -0.2) is 17.0 Å². The van der Waals surface area contributed by atoms with Gasteiger partial charge in [-0.05, 0) is 24.6 Å². The SMILES string of the molecule is CCc1c(NC)ncnc1Oc1ccc(C#N)cc1F. The van der Waals surface area contributed by atoms with Gasteiger partial charge in [0.15, 0.2) is 11.6 Å². The lowest BCUT2D eigenvalue weighted by Gasteiger charge is -2.12. The monoisotopic (exact) mass is 272 g/mol. The van der Waals surface area contributed by atoms with Crippen LogP contribution in [0.15, 0.2) is 24.5 Å². The Kier molecular flexibility index (Phi) is 4.11. The number of anilines is 1. The molecule has 1 aromatic heterocycles. The van der Waals surface area contributed by atoms with Gasteiger partial charge in [0.05, 0.1) is 17.2 Å². The van der Waals surface area contributed by atoms with Crippen LogP contribution >= 0.6 is 0 Å². The number of nitriles is 1. The molecule has 1 N–H and O–H groups in total. The Hall–Kier alpha value is -2.68. The van der Waals surface area contributed by atoms with E-state index in [1.165, 1.54) is 18.5 Å². The maximum absolute atomic E-state index is 13.8. The molecule has 0 amide bonds. The second-order valence-electron chi connectivity index (χ2n) is 3.97. The summed E-state index contributed by atoms with van der Waals surface area (Å²) in [5, 5.41) is 11.6. The van der Waals surface area contributed by atoms with Gasteiger partial charge in [0, 0.05) is 7.05 Å². The molecule has 1 heterocycles. The van der Waals surface area contributed by atoms with Gasteiger partial charge in [-0.25, -0.2) is 14.4 Å². The van der Waals surface area contributed by atoms with Crippen LogP contribution < -0.4 is 10.1 Å². The van der Waals surface area contributed by atoms with Crippen molar-refractivity contribution >= 4 is 5.82 Å². The average Bonchev–Trinajstić information content (AvgIpc) is 2.48. The van der Waals surface area contributed by atoms with Crippen LogP contribution in [0.25, 0.3) is 0 Å². The van der Waals surface area contributed by atoms with Gasteiger partial charge >= 0.3 is 0 Å². The number of halogens is 1. The third-order valence-electron chi connectivity index (χ3n) is 2.76. The second kappa shape index (κ2) is 5.97. The van der Waals surface area contributed by atoms with E-state index in [0.29, 0.717) is 18.1 Å². The molecule has 20 heavy (non-hydrogen) atoms. The van der Waals surface area contributed by atoms with E-state index < -0.39 is 5.82 Å². The summed E-state index contributed by atoms with van der Waals surface area (Å²) in [6, 6.07) is 5.90. The first-order valence-electron chi connectivity index (χ1n) is 6.08. The Morgan fingerprint density at radius 3 is 2.80 bits per heavy atom. The zero-order valence-electron chi connectivity index (χ0n) is 11.1. The van der Waals surface area contributed by atoms with Crippen LogP contribution in [0.5, 0.6) is 11.6 Å². The van der Waals surface area contributed by atoms with Gasteiger partial charge < -0.3 is 10.1 Å². The molecule has 0 bridgehead atoms. The molecular weight excluding hydrogens is 259 g/mol. The number of benzene rings is 1. The lowest BCUT2D eigenvalue weighted by Crippen LogP contribution is -2.03. The highest BCUT2D eigenvalue weighted by Gasteiger charge is 2.13. The summed E-state index contributed by atoms with van der Waals surface area (Å²) in [5.74, 6) is 0.372. The average molecular weight is 272 g/mol. The van der Waals surface area contributed by atoms with Crippen molar-refractivity contribution in [3.63, 3.8) is 0 Å². The van der Waals surface area contributed by atoms with E-state index >= 15 is 0 Å². The minimum atomic E-state index is -0.601. The number of ether oxygens (including phenoxy) is 1. The molecule has 0 fully saturated rings. The van der Waals surface area contributed by atoms with Gasteiger partial charge in [0.1, 0.15) is 12.1 Å². The molecule has 6 heteroatoms. The van der Waals surface area contributed by atoms with Crippen molar-refractivity contribution in [1.82, 2.24) is 9.97 Å². The Balaban J connectivity index is 2.38. The van der Waals surface area contributed by atoms with Crippen LogP contribution in [0.4, 0.5) is 10.2 Å². The van der Waals surface area contributed by atoms with Crippen molar-refractivity contribution in [2.45, 2.75) is 13.3 Å². The van der Waals surface area contributed by atoms with E-state index in [4.69, 9.17) is 10.00 Å². The highest BCUT2D eigenvalue weighted by Crippen LogP contribution is 2.29. The zero-order valence-corrected chi connectivity index (χ0v) is 11.1. The van der Waals surface area contributed by atoms with Crippen molar-refractivity contribution in [2.24, 2.45) is 0 Å². The van der Waals surface area contributed by atoms with Crippen molar-refractivity contribution in [2.75, 3.05) is 12.4 Å². The Morgan fingerprint density at radius 2 is 2.20 bits per heavy atom. The van der Waals surface area contributed by atoms with Crippen molar-refractivity contribution in [1.29, 1.82) is 5.26 Å². The van der Waals surface area contributed by atoms with E-state index in [-0.39, 0.29) is 11.3 Å². The largest absolute Gasteiger partial charge is 0.435 e. The molecule has 5 nitrogen and oxygen atoms in total. The minimum absolute atomic E-state index is 0.0273. The summed E-state index contributed by atoms with van der Waals surface area (Å²) in [6.45, 7) is 1.93. The molecule has 0 aliphatic rings. The van der Waals surface area contributed by atoms with Crippen LogP contribution in [-0.2, 0) is 6.42 Å². The standard InChI is InChI=1S/C14H13FN4O/c1-3-10-13(17-2)18-8-19-14(10)20-12-5-4-9(7-16)6-11(12)15/h4-6,8H,3H2,1-2H3,(H,17,18,19). The Bertz CT molecular complexity index is 667. The number of rotatable bonds is 4. The summed E-state index contributed by atoms with van der Waals surface area (Å²) in [4.78, 5) is 8.11. The predicted molar refractivity (Wildman–Crippen MR) is 72.1 cm³/mol. The Labute approximate surface area is 116 Å². The molecule has 102 valence electrons. The number of nitrogens with one attached hydrogen (secondary N) is 1. The van der Waals surface area contributed by atoms with Crippen LogP contribution in [0.2, 0.25) is 0 Å². The van der Waals surface area contributed by atoms with Gasteiger partial charge in [-0.15, -0.1) is 0 Å². The third kappa shape index (κ3) is 2.67. The molecule has 1 aromatic carbocycles. The number of hydrogen-bond acceptors (Lipinski definition) is 5. The molecule has 0 aliphatic carbocycles. The zero-order chi connectivity index (χ0) is 14.5. The van der Waals surface area contributed by atoms with Crippen LogP contribution in [0.3, 0.4) is 0 Å². The molecule has 0 saturated heterocycles. The molecule has 0 saturated carbocycles. The maximum Gasteiger partial charge on any atom is 0.227 e. The first kappa shape index (κ1) is 13.7. The molecule has 0 spiro atoms. The van der Waals surface area contributed by atoms with Crippen molar-refractivity contribution < 1.29 is 9.13 Å². The fourth-order valence-electron chi connectivity index (χ4n) is 1.78. The van der Waals surface area contributed by atoms with E-state index in [0.717, 1.165) is 11.6 Å². The fourth-order valence-corrected chi connectivity index (χ4v) is 1.78. The number of hydrogen-bond donors (Lipinski definition) is 1. The van der Waals surface area contributed by atoms with Gasteiger partial charge in [0.25, 0.3) is 0 Å². The molecule has 2 rings (SSSR count). The summed E-state index contributed by atoms with van der Waals surface area (Å²) in [6.07, 6.45) is 1.99. The van der Waals surface area contributed by atoms with Crippen LogP contribution in [0.1, 0.15) is 18.1 Å². The van der Waals surface area contributed by atoms with Crippen molar-refractivity contribution in [3.8, 4) is 17.7 Å². The molecule has 0 radical (unpaired) electrons. The first-order chi connectivity index (χ1) is 9.69. The first-order valence-corrected chi connectivity index (χ1v) is 6.08. The summed E-state index contributed by atoms with van der Waals surface area (Å²) in [5.41, 5.74) is 1.00. The van der Waals surface area contributed by atoms with E-state index in [2.05, 4.69) is 15.3 Å². The van der Waals surface area contributed by atoms with Gasteiger partial charge in [-0.1, -0.05) is 6.92 Å². The summed E-state index contributed by atoms with van der Waals surface area (Å²) >= 11 is 0. The summed E-state index contributed by atoms with van der Waals surface area (Å²) in [7, 11) is 1.74. The molecule has 0 aliphatic heterocycles. The van der Waals surface area contributed by atoms with E-state index in [9.17, 15) is 4.39 Å². The molecule has 0 unspecified atom stereocenters. The van der Waals surface area contributed by atoms with Gasteiger partial charge in [-0.2, -0.15) is 5.26 Å².